The number of benzene rings is 1. The number of nitro groups is 1. The molecule has 0 aliphatic carbocycles. The summed E-state index contributed by atoms with van der Waals surface area (Å²) in [5.41, 5.74) is 1.53. The van der Waals surface area contributed by atoms with Crippen LogP contribution in [0.15, 0.2) is 41.7 Å². The topological polar surface area (TPSA) is 81.3 Å². The number of hydrogen-bond acceptors (Lipinski definition) is 6. The Labute approximate surface area is 143 Å². The van der Waals surface area contributed by atoms with Gasteiger partial charge in [-0.05, 0) is 0 Å². The van der Waals surface area contributed by atoms with Gasteiger partial charge in [0.1, 0.15) is 11.4 Å². The molecule has 1 aromatic heterocycles. The van der Waals surface area contributed by atoms with Gasteiger partial charge in [0.25, 0.3) is 5.69 Å². The van der Waals surface area contributed by atoms with Crippen LogP contribution >= 0.6 is 11.8 Å². The highest BCUT2D eigenvalue weighted by Crippen LogP contribution is 2.34. The van der Waals surface area contributed by atoms with Gasteiger partial charge >= 0.3 is 0 Å². The minimum atomic E-state index is -0.449. The van der Waals surface area contributed by atoms with Crippen molar-refractivity contribution in [1.29, 1.82) is 0 Å². The molecule has 0 spiro atoms. The van der Waals surface area contributed by atoms with Crippen molar-refractivity contribution in [3.05, 3.63) is 52.3 Å². The number of fused-ring (bicyclic) bond motifs is 1. The molecule has 0 saturated heterocycles. The number of nitrogens with zero attached hydrogens (tertiary/aromatic N) is 4. The van der Waals surface area contributed by atoms with Gasteiger partial charge in [0, 0.05) is 56.4 Å². The van der Waals surface area contributed by atoms with E-state index in [2.05, 4.69) is 4.98 Å². The summed E-state index contributed by atoms with van der Waals surface area (Å²) >= 11 is 1.58. The van der Waals surface area contributed by atoms with E-state index in [9.17, 15) is 14.9 Å². The summed E-state index contributed by atoms with van der Waals surface area (Å²) in [5, 5.41) is 11.8. The van der Waals surface area contributed by atoms with E-state index in [0.717, 1.165) is 10.9 Å². The Kier molecular flexibility index (Phi) is 4.39. The molecule has 7 nitrogen and oxygen atoms in total. The standard InChI is InChI=1S/C16H16N4O3S/c1-18(2)7-6-13(21)15-14(17-16-19(15)8-9-24-16)11-4-3-5-12(10-11)20(22)23/h3-7,10H,8-9H2,1-2H3. The van der Waals surface area contributed by atoms with Crippen LogP contribution in [0.25, 0.3) is 11.3 Å². The van der Waals surface area contributed by atoms with E-state index in [4.69, 9.17) is 0 Å². The Morgan fingerprint density at radius 3 is 2.96 bits per heavy atom. The summed E-state index contributed by atoms with van der Waals surface area (Å²) in [6.45, 7) is 0.707. The quantitative estimate of drug-likeness (QED) is 0.359. The highest BCUT2D eigenvalue weighted by Gasteiger charge is 2.26. The van der Waals surface area contributed by atoms with Crippen molar-refractivity contribution in [1.82, 2.24) is 14.5 Å². The van der Waals surface area contributed by atoms with Crippen molar-refractivity contribution in [3.8, 4) is 11.3 Å². The predicted molar refractivity (Wildman–Crippen MR) is 92.2 cm³/mol. The maximum absolute atomic E-state index is 12.7. The van der Waals surface area contributed by atoms with Crippen LogP contribution in [-0.4, -0.2) is 45.0 Å². The van der Waals surface area contributed by atoms with E-state index in [1.807, 2.05) is 18.7 Å². The molecule has 0 radical (unpaired) electrons. The van der Waals surface area contributed by atoms with Gasteiger partial charge in [-0.1, -0.05) is 23.9 Å². The van der Waals surface area contributed by atoms with Crippen LogP contribution in [0.2, 0.25) is 0 Å². The van der Waals surface area contributed by atoms with Gasteiger partial charge in [0.05, 0.1) is 4.92 Å². The molecule has 3 rings (SSSR count). The summed E-state index contributed by atoms with van der Waals surface area (Å²) in [6, 6.07) is 6.22. The molecular weight excluding hydrogens is 328 g/mol. The van der Waals surface area contributed by atoms with Crippen molar-refractivity contribution in [2.45, 2.75) is 11.7 Å². The molecule has 0 atom stereocenters. The van der Waals surface area contributed by atoms with Crippen LogP contribution in [0.1, 0.15) is 10.5 Å². The largest absolute Gasteiger partial charge is 0.383 e. The highest BCUT2D eigenvalue weighted by molar-refractivity contribution is 7.99. The van der Waals surface area contributed by atoms with Crippen LogP contribution in [0, 0.1) is 10.1 Å². The molecule has 8 heteroatoms. The summed E-state index contributed by atoms with van der Waals surface area (Å²) in [4.78, 5) is 29.6. The second-order valence-electron chi connectivity index (χ2n) is 5.54. The van der Waals surface area contributed by atoms with Gasteiger partial charge in [0.2, 0.25) is 5.78 Å². The second-order valence-corrected chi connectivity index (χ2v) is 6.60. The van der Waals surface area contributed by atoms with Gasteiger partial charge in [-0.2, -0.15) is 0 Å². The van der Waals surface area contributed by atoms with E-state index in [1.165, 1.54) is 18.2 Å². The summed E-state index contributed by atoms with van der Waals surface area (Å²) in [6.07, 6.45) is 3.18. The van der Waals surface area contributed by atoms with Gasteiger partial charge in [0.15, 0.2) is 5.16 Å². The molecule has 0 saturated carbocycles. The Morgan fingerprint density at radius 1 is 1.46 bits per heavy atom. The van der Waals surface area contributed by atoms with Crippen LogP contribution in [0.4, 0.5) is 5.69 Å². The number of carbonyl (C=O) groups excluding carboxylic acids is 1. The molecule has 124 valence electrons. The molecule has 1 aliphatic heterocycles. The lowest BCUT2D eigenvalue weighted by Crippen LogP contribution is -2.09. The fourth-order valence-electron chi connectivity index (χ4n) is 2.49. The molecule has 1 aliphatic rings. The number of aromatic nitrogens is 2. The number of nitro benzene ring substituents is 1. The molecule has 0 N–H and O–H groups in total. The average molecular weight is 344 g/mol. The van der Waals surface area contributed by atoms with Crippen molar-refractivity contribution >= 4 is 23.2 Å². The molecule has 0 unspecified atom stereocenters. The van der Waals surface area contributed by atoms with Crippen LogP contribution < -0.4 is 0 Å². The van der Waals surface area contributed by atoms with E-state index >= 15 is 0 Å². The first kappa shape index (κ1) is 16.3. The number of hydrogen-bond donors (Lipinski definition) is 0. The lowest BCUT2D eigenvalue weighted by Gasteiger charge is -2.06. The number of imidazole rings is 1. The van der Waals surface area contributed by atoms with Gasteiger partial charge in [-0.15, -0.1) is 0 Å². The zero-order valence-electron chi connectivity index (χ0n) is 13.3. The zero-order chi connectivity index (χ0) is 17.3. The molecule has 0 fully saturated rings. The number of thioether (sulfide) groups is 1. The van der Waals surface area contributed by atoms with Crippen molar-refractivity contribution in [2.24, 2.45) is 0 Å². The minimum absolute atomic E-state index is 0.0180. The number of ketones is 1. The number of carbonyl (C=O) groups is 1. The first-order valence-electron chi connectivity index (χ1n) is 7.34. The Bertz CT molecular complexity index is 842. The molecule has 0 bridgehead atoms. The SMILES string of the molecule is CN(C)C=CC(=O)c1c(-c2cccc([N+](=O)[O-])c2)nc2n1CCS2. The third-order valence-electron chi connectivity index (χ3n) is 3.57. The predicted octanol–water partition coefficient (Wildman–Crippen LogP) is 2.82. The van der Waals surface area contributed by atoms with Crippen LogP contribution in [-0.2, 0) is 6.54 Å². The highest BCUT2D eigenvalue weighted by atomic mass is 32.2. The van der Waals surface area contributed by atoms with Gasteiger partial charge in [-0.3, -0.25) is 14.9 Å². The smallest absolute Gasteiger partial charge is 0.270 e. The third kappa shape index (κ3) is 3.05. The van der Waals surface area contributed by atoms with Crippen molar-refractivity contribution in [3.63, 3.8) is 0 Å². The van der Waals surface area contributed by atoms with E-state index in [0.29, 0.717) is 23.5 Å². The maximum Gasteiger partial charge on any atom is 0.270 e. The van der Waals surface area contributed by atoms with E-state index in [1.54, 1.807) is 35.0 Å². The van der Waals surface area contributed by atoms with E-state index < -0.39 is 4.92 Å². The van der Waals surface area contributed by atoms with Crippen LogP contribution in [0.5, 0.6) is 0 Å². The molecular formula is C16H16N4O3S. The van der Waals surface area contributed by atoms with Gasteiger partial charge < -0.3 is 9.47 Å². The Hall–Kier alpha value is -2.61. The van der Waals surface area contributed by atoms with Gasteiger partial charge in [-0.25, -0.2) is 4.98 Å². The van der Waals surface area contributed by atoms with Crippen LogP contribution in [0.3, 0.4) is 0 Å². The maximum atomic E-state index is 12.7. The lowest BCUT2D eigenvalue weighted by molar-refractivity contribution is -0.384. The van der Waals surface area contributed by atoms with E-state index in [-0.39, 0.29) is 11.5 Å². The first-order chi connectivity index (χ1) is 11.5. The fraction of sp³-hybridized carbons (Fsp3) is 0.250. The number of allylic oxidation sites excluding steroid dienone is 1. The van der Waals surface area contributed by atoms with Crippen molar-refractivity contribution in [2.75, 3.05) is 19.8 Å². The molecule has 24 heavy (non-hydrogen) atoms. The Balaban J connectivity index is 2.10. The molecule has 0 amide bonds. The minimum Gasteiger partial charge on any atom is -0.383 e. The van der Waals surface area contributed by atoms with Crippen molar-refractivity contribution < 1.29 is 9.72 Å². The molecule has 2 heterocycles. The lowest BCUT2D eigenvalue weighted by atomic mass is 10.1. The monoisotopic (exact) mass is 344 g/mol. The molecule has 1 aromatic carbocycles. The first-order valence-corrected chi connectivity index (χ1v) is 8.33. The third-order valence-corrected chi connectivity index (χ3v) is 4.52. The summed E-state index contributed by atoms with van der Waals surface area (Å²) in [7, 11) is 3.67. The number of non-ortho nitro benzene ring substituents is 1. The normalized spacial score (nSPS) is 13.2. The second kappa shape index (κ2) is 6.48. The number of rotatable bonds is 5. The Morgan fingerprint density at radius 2 is 2.25 bits per heavy atom. The molecule has 2 aromatic rings. The fourth-order valence-corrected chi connectivity index (χ4v) is 3.44. The average Bonchev–Trinajstić information content (AvgIpc) is 3.13. The summed E-state index contributed by atoms with van der Waals surface area (Å²) in [5.74, 6) is 0.710. The zero-order valence-corrected chi connectivity index (χ0v) is 14.1. The summed E-state index contributed by atoms with van der Waals surface area (Å²) < 4.78 is 1.89.